The predicted octanol–water partition coefficient (Wildman–Crippen LogP) is 1.88. The molecular formula is C24H25FN4O3. The molecule has 4 rings (SSSR count). The summed E-state index contributed by atoms with van der Waals surface area (Å²) in [4.78, 5) is 42.2. The lowest BCUT2D eigenvalue weighted by molar-refractivity contribution is -0.130. The van der Waals surface area contributed by atoms with E-state index in [0.717, 1.165) is 10.1 Å². The van der Waals surface area contributed by atoms with E-state index in [9.17, 15) is 18.8 Å². The number of piperazine rings is 1. The maximum Gasteiger partial charge on any atom is 0.335 e. The largest absolute Gasteiger partial charge is 0.362 e. The van der Waals surface area contributed by atoms with Crippen molar-refractivity contribution in [1.82, 2.24) is 14.0 Å². The highest BCUT2D eigenvalue weighted by atomic mass is 19.1. The Kier molecular flexibility index (Phi) is 5.94. The quantitative estimate of drug-likeness (QED) is 0.626. The number of benzene rings is 2. The number of aromatic nitrogens is 2. The van der Waals surface area contributed by atoms with Crippen molar-refractivity contribution in [2.24, 2.45) is 7.05 Å². The van der Waals surface area contributed by atoms with Gasteiger partial charge in [-0.3, -0.25) is 18.7 Å². The summed E-state index contributed by atoms with van der Waals surface area (Å²) in [5.74, 6) is -0.362. The van der Waals surface area contributed by atoms with Gasteiger partial charge in [-0.15, -0.1) is 0 Å². The normalized spacial score (nSPS) is 14.0. The molecular weight excluding hydrogens is 411 g/mol. The molecule has 1 amide bonds. The van der Waals surface area contributed by atoms with Crippen LogP contribution < -0.4 is 16.1 Å². The van der Waals surface area contributed by atoms with Crippen LogP contribution >= 0.6 is 0 Å². The Labute approximate surface area is 184 Å². The van der Waals surface area contributed by atoms with Crippen LogP contribution in [-0.4, -0.2) is 46.1 Å². The van der Waals surface area contributed by atoms with E-state index in [1.165, 1.54) is 19.2 Å². The molecule has 2 heterocycles. The summed E-state index contributed by atoms with van der Waals surface area (Å²) in [6.45, 7) is 3.67. The second-order valence-corrected chi connectivity index (χ2v) is 7.92. The predicted molar refractivity (Wildman–Crippen MR) is 121 cm³/mol. The Morgan fingerprint density at radius 3 is 2.19 bits per heavy atom. The number of hydrogen-bond donors (Lipinski definition) is 0. The van der Waals surface area contributed by atoms with Crippen molar-refractivity contribution in [3.8, 4) is 5.69 Å². The minimum Gasteiger partial charge on any atom is -0.362 e. The third-order valence-electron chi connectivity index (χ3n) is 5.90. The van der Waals surface area contributed by atoms with Crippen LogP contribution in [0.2, 0.25) is 0 Å². The molecule has 0 saturated carbocycles. The number of hydrogen-bond acceptors (Lipinski definition) is 4. The molecule has 0 aliphatic carbocycles. The summed E-state index contributed by atoms with van der Waals surface area (Å²) in [5, 5.41) is 0. The van der Waals surface area contributed by atoms with Gasteiger partial charge in [-0.05, 0) is 36.8 Å². The molecule has 7 nitrogen and oxygen atoms in total. The molecule has 32 heavy (non-hydrogen) atoms. The van der Waals surface area contributed by atoms with Gasteiger partial charge in [0.15, 0.2) is 0 Å². The maximum absolute atomic E-state index is 13.1. The summed E-state index contributed by atoms with van der Waals surface area (Å²) in [5.41, 5.74) is 1.77. The van der Waals surface area contributed by atoms with Crippen LogP contribution in [0.5, 0.6) is 0 Å². The van der Waals surface area contributed by atoms with Gasteiger partial charge in [-0.2, -0.15) is 0 Å². The molecule has 0 N–H and O–H groups in total. The lowest BCUT2D eigenvalue weighted by Crippen LogP contribution is -2.52. The molecule has 0 radical (unpaired) electrons. The standard InChI is InChI=1S/C24H25FN4O3/c1-17-22(23(31)26(2)24(32)29(17)20-6-4-3-5-7-20)28-14-12-27(13-15-28)21(30)16-18-8-10-19(25)11-9-18/h3-11H,12-16H2,1-2H3. The fourth-order valence-corrected chi connectivity index (χ4v) is 4.11. The number of anilines is 1. The maximum atomic E-state index is 13.1. The molecule has 3 aromatic rings. The first-order chi connectivity index (χ1) is 15.4. The van der Waals surface area contributed by atoms with Crippen molar-refractivity contribution in [3.05, 3.63) is 92.5 Å². The van der Waals surface area contributed by atoms with Crippen LogP contribution in [0, 0.1) is 12.7 Å². The highest BCUT2D eigenvalue weighted by molar-refractivity contribution is 5.79. The van der Waals surface area contributed by atoms with Crippen LogP contribution in [0.25, 0.3) is 5.69 Å². The van der Waals surface area contributed by atoms with Gasteiger partial charge in [0, 0.05) is 33.2 Å². The van der Waals surface area contributed by atoms with Gasteiger partial charge in [-0.1, -0.05) is 30.3 Å². The van der Waals surface area contributed by atoms with Gasteiger partial charge < -0.3 is 9.80 Å². The molecule has 1 saturated heterocycles. The zero-order valence-corrected chi connectivity index (χ0v) is 18.1. The fraction of sp³-hybridized carbons (Fsp3) is 0.292. The summed E-state index contributed by atoms with van der Waals surface area (Å²) in [6.07, 6.45) is 0.208. The molecule has 0 atom stereocenters. The number of carbonyl (C=O) groups is 1. The molecule has 8 heteroatoms. The van der Waals surface area contributed by atoms with Gasteiger partial charge in [0.1, 0.15) is 11.5 Å². The van der Waals surface area contributed by atoms with E-state index in [-0.39, 0.29) is 23.7 Å². The van der Waals surface area contributed by atoms with Crippen molar-refractivity contribution < 1.29 is 9.18 Å². The Morgan fingerprint density at radius 2 is 1.56 bits per heavy atom. The minimum absolute atomic E-state index is 0.0323. The van der Waals surface area contributed by atoms with Gasteiger partial charge in [-0.25, -0.2) is 9.18 Å². The molecule has 0 bridgehead atoms. The van der Waals surface area contributed by atoms with E-state index in [2.05, 4.69) is 0 Å². The molecule has 1 aromatic heterocycles. The van der Waals surface area contributed by atoms with Gasteiger partial charge in [0.25, 0.3) is 5.56 Å². The Balaban J connectivity index is 1.55. The van der Waals surface area contributed by atoms with Crippen LogP contribution in [0.3, 0.4) is 0 Å². The fourth-order valence-electron chi connectivity index (χ4n) is 4.11. The molecule has 166 valence electrons. The second kappa shape index (κ2) is 8.82. The summed E-state index contributed by atoms with van der Waals surface area (Å²) in [7, 11) is 1.48. The first kappa shape index (κ1) is 21.5. The number of amides is 1. The van der Waals surface area contributed by atoms with Crippen molar-refractivity contribution in [2.45, 2.75) is 13.3 Å². The molecule has 1 aliphatic heterocycles. The van der Waals surface area contributed by atoms with Crippen LogP contribution in [0.1, 0.15) is 11.3 Å². The summed E-state index contributed by atoms with van der Waals surface area (Å²) >= 11 is 0. The number of para-hydroxylation sites is 1. The van der Waals surface area contributed by atoms with Crippen LogP contribution in [0.4, 0.5) is 10.1 Å². The third kappa shape index (κ3) is 4.08. The molecule has 0 unspecified atom stereocenters. The molecule has 1 fully saturated rings. The van der Waals surface area contributed by atoms with Gasteiger partial charge in [0.2, 0.25) is 5.91 Å². The second-order valence-electron chi connectivity index (χ2n) is 7.92. The monoisotopic (exact) mass is 436 g/mol. The van der Waals surface area contributed by atoms with E-state index in [4.69, 9.17) is 0 Å². The average molecular weight is 436 g/mol. The smallest absolute Gasteiger partial charge is 0.335 e. The Morgan fingerprint density at radius 1 is 0.938 bits per heavy atom. The third-order valence-corrected chi connectivity index (χ3v) is 5.90. The first-order valence-corrected chi connectivity index (χ1v) is 10.5. The van der Waals surface area contributed by atoms with E-state index in [1.54, 1.807) is 28.5 Å². The topological polar surface area (TPSA) is 67.6 Å². The number of nitrogens with zero attached hydrogens (tertiary/aromatic N) is 4. The molecule has 0 spiro atoms. The first-order valence-electron chi connectivity index (χ1n) is 10.5. The summed E-state index contributed by atoms with van der Waals surface area (Å²) in [6, 6.07) is 15.1. The van der Waals surface area contributed by atoms with Crippen molar-refractivity contribution in [3.63, 3.8) is 0 Å². The highest BCUT2D eigenvalue weighted by Crippen LogP contribution is 2.19. The Hall–Kier alpha value is -3.68. The van der Waals surface area contributed by atoms with Crippen LogP contribution in [-0.2, 0) is 18.3 Å². The van der Waals surface area contributed by atoms with Crippen molar-refractivity contribution in [1.29, 1.82) is 0 Å². The number of halogens is 1. The zero-order chi connectivity index (χ0) is 22.8. The number of rotatable bonds is 4. The van der Waals surface area contributed by atoms with Gasteiger partial charge in [0.05, 0.1) is 17.8 Å². The number of carbonyl (C=O) groups excluding carboxylic acids is 1. The highest BCUT2D eigenvalue weighted by Gasteiger charge is 2.26. The van der Waals surface area contributed by atoms with E-state index < -0.39 is 5.69 Å². The van der Waals surface area contributed by atoms with Crippen LogP contribution in [0.15, 0.2) is 64.2 Å². The lowest BCUT2D eigenvalue weighted by Gasteiger charge is -2.36. The van der Waals surface area contributed by atoms with Crippen molar-refractivity contribution >= 4 is 11.6 Å². The van der Waals surface area contributed by atoms with E-state index >= 15 is 0 Å². The average Bonchev–Trinajstić information content (AvgIpc) is 2.80. The molecule has 1 aliphatic rings. The van der Waals surface area contributed by atoms with Crippen molar-refractivity contribution in [2.75, 3.05) is 31.1 Å². The molecule has 2 aromatic carbocycles. The SMILES string of the molecule is Cc1c(N2CCN(C(=O)Cc3ccc(F)cc3)CC2)c(=O)n(C)c(=O)n1-c1ccccc1. The Bertz CT molecular complexity index is 1240. The summed E-state index contributed by atoms with van der Waals surface area (Å²) < 4.78 is 15.8. The minimum atomic E-state index is -0.393. The van der Waals surface area contributed by atoms with Gasteiger partial charge >= 0.3 is 5.69 Å². The zero-order valence-electron chi connectivity index (χ0n) is 18.1. The van der Waals surface area contributed by atoms with E-state index in [0.29, 0.717) is 43.2 Å². The van der Waals surface area contributed by atoms with E-state index in [1.807, 2.05) is 35.2 Å². The lowest BCUT2D eigenvalue weighted by atomic mass is 10.1.